The van der Waals surface area contributed by atoms with E-state index in [1.54, 1.807) is 12.2 Å². The zero-order valence-electron chi connectivity index (χ0n) is 30.8. The fourth-order valence-electron chi connectivity index (χ4n) is 5.14. The highest BCUT2D eigenvalue weighted by Crippen LogP contribution is 2.10. The Bertz CT molecular complexity index is 1320. The van der Waals surface area contributed by atoms with E-state index in [4.69, 9.17) is 17.2 Å². The molecular formula is C37H60N8O7. The lowest BCUT2D eigenvalue weighted by Gasteiger charge is -2.27. The van der Waals surface area contributed by atoms with E-state index < -0.39 is 71.8 Å². The van der Waals surface area contributed by atoms with Crippen LogP contribution >= 0.6 is 0 Å². The molecule has 0 bridgehead atoms. The fourth-order valence-corrected chi connectivity index (χ4v) is 5.14. The second kappa shape index (κ2) is 25.4. The zero-order chi connectivity index (χ0) is 39.1. The molecule has 0 saturated heterocycles. The first-order chi connectivity index (χ1) is 24.7. The Labute approximate surface area is 307 Å². The average molecular weight is 729 g/mol. The summed E-state index contributed by atoms with van der Waals surface area (Å²) in [6.45, 7) is 9.61. The van der Waals surface area contributed by atoms with Crippen LogP contribution in [0.3, 0.4) is 0 Å². The first-order valence-corrected chi connectivity index (χ1v) is 18.0. The molecule has 15 heteroatoms. The van der Waals surface area contributed by atoms with Gasteiger partial charge in [-0.1, -0.05) is 62.4 Å². The third-order valence-electron chi connectivity index (χ3n) is 8.05. The van der Waals surface area contributed by atoms with Gasteiger partial charge in [-0.15, -0.1) is 6.58 Å². The summed E-state index contributed by atoms with van der Waals surface area (Å²) in [4.78, 5) is 78.5. The highest BCUT2D eigenvalue weighted by atomic mass is 16.4. The van der Waals surface area contributed by atoms with E-state index in [0.29, 0.717) is 38.8 Å². The molecule has 1 rings (SSSR count). The molecule has 0 aromatic heterocycles. The number of hydrogen-bond acceptors (Lipinski definition) is 9. The maximum absolute atomic E-state index is 13.7. The molecule has 0 aliphatic rings. The van der Waals surface area contributed by atoms with Crippen molar-refractivity contribution in [3.8, 4) is 0 Å². The molecule has 0 fully saturated rings. The molecule has 12 N–H and O–H groups in total. The van der Waals surface area contributed by atoms with Gasteiger partial charge in [-0.2, -0.15) is 0 Å². The van der Waals surface area contributed by atoms with Crippen LogP contribution in [0.15, 0.2) is 49.1 Å². The molecule has 52 heavy (non-hydrogen) atoms. The summed E-state index contributed by atoms with van der Waals surface area (Å²) < 4.78 is 0. The van der Waals surface area contributed by atoms with Crippen molar-refractivity contribution in [3.05, 3.63) is 54.6 Å². The van der Waals surface area contributed by atoms with Crippen molar-refractivity contribution < 1.29 is 33.9 Å². The van der Waals surface area contributed by atoms with Crippen LogP contribution in [-0.4, -0.2) is 90.0 Å². The highest BCUT2D eigenvalue weighted by Gasteiger charge is 2.32. The van der Waals surface area contributed by atoms with Crippen molar-refractivity contribution in [1.82, 2.24) is 26.6 Å². The Balaban J connectivity index is 3.28. The van der Waals surface area contributed by atoms with Gasteiger partial charge in [-0.3, -0.25) is 24.0 Å². The van der Waals surface area contributed by atoms with E-state index in [1.807, 2.05) is 44.2 Å². The van der Waals surface area contributed by atoms with Crippen LogP contribution in [0, 0.1) is 5.92 Å². The van der Waals surface area contributed by atoms with Gasteiger partial charge in [-0.05, 0) is 89.3 Å². The lowest BCUT2D eigenvalue weighted by molar-refractivity contribution is -0.142. The number of aliphatic carboxylic acids is 1. The van der Waals surface area contributed by atoms with Crippen molar-refractivity contribution in [2.45, 2.75) is 115 Å². The average Bonchev–Trinajstić information content (AvgIpc) is 3.09. The minimum absolute atomic E-state index is 0.0195. The summed E-state index contributed by atoms with van der Waals surface area (Å²) in [6, 6.07) is 2.79. The topological polar surface area (TPSA) is 261 Å². The SMILES string of the molecule is C=CC[C@H](NC(=O)[C@H](CCCCN)NC(=O)[C@H](CCCCN)NC(=O)[C@H](C)N)C(=O)N[C@@H](C/C=C/c1ccccc1)C(=O)N[C@@H](CC(C)C)C(=O)O. The standard InChI is InChI=1S/C37H60N8O7/c1-5-14-27(42-35(49)29(19-10-12-22-39)43-34(48)28(18-9-11-21-38)41-32(46)25(4)40)33(47)44-30(20-13-17-26-15-7-6-8-16-26)36(50)45-31(37(51)52)23-24(2)3/h5-8,13,15-17,24-25,27-31H,1,9-12,14,18-23,38-40H2,2-4H3,(H,41,46)(H,42,49)(H,43,48)(H,44,47)(H,45,50)(H,51,52)/b17-13+/t25-,27-,28-,29-,30-,31-/m0/s1. The molecule has 6 atom stereocenters. The quantitative estimate of drug-likeness (QED) is 0.0479. The van der Waals surface area contributed by atoms with Crippen LogP contribution in [0.1, 0.15) is 84.1 Å². The van der Waals surface area contributed by atoms with E-state index in [-0.39, 0.29) is 38.0 Å². The number of carboxylic acid groups (broad SMARTS) is 1. The first-order valence-electron chi connectivity index (χ1n) is 18.0. The molecule has 1 aromatic rings. The number of benzene rings is 1. The predicted octanol–water partition coefficient (Wildman–Crippen LogP) is 0.826. The largest absolute Gasteiger partial charge is 0.480 e. The van der Waals surface area contributed by atoms with Gasteiger partial charge >= 0.3 is 5.97 Å². The lowest BCUT2D eigenvalue weighted by atomic mass is 10.0. The first kappa shape index (κ1) is 45.4. The minimum atomic E-state index is -1.20. The van der Waals surface area contributed by atoms with Gasteiger partial charge < -0.3 is 48.9 Å². The molecule has 290 valence electrons. The van der Waals surface area contributed by atoms with E-state index in [0.717, 1.165) is 5.56 Å². The van der Waals surface area contributed by atoms with Gasteiger partial charge in [0.2, 0.25) is 29.5 Å². The number of unbranched alkanes of at least 4 members (excludes halogenated alkanes) is 2. The van der Waals surface area contributed by atoms with Crippen molar-refractivity contribution in [2.75, 3.05) is 13.1 Å². The van der Waals surface area contributed by atoms with Crippen LogP contribution in [0.4, 0.5) is 0 Å². The summed E-state index contributed by atoms with van der Waals surface area (Å²) in [7, 11) is 0. The maximum atomic E-state index is 13.7. The monoisotopic (exact) mass is 728 g/mol. The summed E-state index contributed by atoms with van der Waals surface area (Å²) in [5, 5.41) is 23.0. The van der Waals surface area contributed by atoms with Crippen LogP contribution < -0.4 is 43.8 Å². The number of nitrogens with one attached hydrogen (secondary N) is 5. The Hall–Kier alpha value is -4.60. The third kappa shape index (κ3) is 18.1. The molecule has 0 radical (unpaired) electrons. The molecule has 15 nitrogen and oxygen atoms in total. The van der Waals surface area contributed by atoms with E-state index in [1.165, 1.54) is 13.0 Å². The molecule has 0 unspecified atom stereocenters. The van der Waals surface area contributed by atoms with Gasteiger partial charge in [0.05, 0.1) is 6.04 Å². The zero-order valence-corrected chi connectivity index (χ0v) is 30.8. The fraction of sp³-hybridized carbons (Fsp3) is 0.568. The number of carbonyl (C=O) groups is 6. The Morgan fingerprint density at radius 1 is 0.673 bits per heavy atom. The number of nitrogens with two attached hydrogens (primary N) is 3. The summed E-state index contributed by atoms with van der Waals surface area (Å²) >= 11 is 0. The molecule has 0 aliphatic carbocycles. The Morgan fingerprint density at radius 3 is 1.56 bits per heavy atom. The summed E-state index contributed by atoms with van der Waals surface area (Å²) in [5.74, 6) is -4.45. The number of carbonyl (C=O) groups excluding carboxylic acids is 5. The Morgan fingerprint density at radius 2 is 1.12 bits per heavy atom. The molecule has 0 saturated carbocycles. The number of carboxylic acids is 1. The van der Waals surface area contributed by atoms with Crippen molar-refractivity contribution in [3.63, 3.8) is 0 Å². The number of rotatable bonds is 26. The smallest absolute Gasteiger partial charge is 0.326 e. The molecule has 1 aromatic carbocycles. The van der Waals surface area contributed by atoms with Crippen LogP contribution in [0.2, 0.25) is 0 Å². The van der Waals surface area contributed by atoms with Crippen LogP contribution in [0.5, 0.6) is 0 Å². The van der Waals surface area contributed by atoms with E-state index >= 15 is 0 Å². The molecule has 5 amide bonds. The second-order valence-electron chi connectivity index (χ2n) is 13.2. The van der Waals surface area contributed by atoms with Crippen LogP contribution in [-0.2, 0) is 28.8 Å². The lowest BCUT2D eigenvalue weighted by Crippen LogP contribution is -2.59. The second-order valence-corrected chi connectivity index (χ2v) is 13.2. The third-order valence-corrected chi connectivity index (χ3v) is 8.05. The number of hydrogen-bond donors (Lipinski definition) is 9. The van der Waals surface area contributed by atoms with Crippen molar-refractivity contribution >= 4 is 41.6 Å². The summed E-state index contributed by atoms with van der Waals surface area (Å²) in [5.41, 5.74) is 17.8. The maximum Gasteiger partial charge on any atom is 0.326 e. The normalized spacial score (nSPS) is 14.7. The van der Waals surface area contributed by atoms with E-state index in [2.05, 4.69) is 33.2 Å². The molecular weight excluding hydrogens is 668 g/mol. The van der Waals surface area contributed by atoms with Gasteiger partial charge in [0.1, 0.15) is 30.2 Å². The summed E-state index contributed by atoms with van der Waals surface area (Å²) in [6.07, 6.45) is 7.73. The predicted molar refractivity (Wildman–Crippen MR) is 201 cm³/mol. The molecule has 0 spiro atoms. The minimum Gasteiger partial charge on any atom is -0.480 e. The van der Waals surface area contributed by atoms with Gasteiger partial charge in [-0.25, -0.2) is 4.79 Å². The molecule has 0 heterocycles. The van der Waals surface area contributed by atoms with Gasteiger partial charge in [0.15, 0.2) is 0 Å². The van der Waals surface area contributed by atoms with Crippen molar-refractivity contribution in [1.29, 1.82) is 0 Å². The highest BCUT2D eigenvalue weighted by molar-refractivity contribution is 5.96. The van der Waals surface area contributed by atoms with Crippen LogP contribution in [0.25, 0.3) is 6.08 Å². The Kier molecular flexibility index (Phi) is 22.2. The van der Waals surface area contributed by atoms with E-state index in [9.17, 15) is 33.9 Å². The van der Waals surface area contributed by atoms with Crippen molar-refractivity contribution in [2.24, 2.45) is 23.1 Å². The number of amides is 5. The van der Waals surface area contributed by atoms with Gasteiger partial charge in [0, 0.05) is 0 Å². The van der Waals surface area contributed by atoms with Gasteiger partial charge in [0.25, 0.3) is 0 Å². The molecule has 0 aliphatic heterocycles.